The SMILES string of the molecule is Cc1ccc(-c2cc(OCC(O)CN3CCC(CO)CC3)cc3ccccc23)cn1. The highest BCUT2D eigenvalue weighted by Crippen LogP contribution is 2.33. The number of aryl methyl sites for hydroxylation is 1. The number of aliphatic hydroxyl groups is 2. The maximum atomic E-state index is 10.5. The van der Waals surface area contributed by atoms with Crippen LogP contribution in [-0.4, -0.2) is 59.0 Å². The van der Waals surface area contributed by atoms with Gasteiger partial charge >= 0.3 is 0 Å². The van der Waals surface area contributed by atoms with Crippen molar-refractivity contribution in [2.75, 3.05) is 32.8 Å². The quantitative estimate of drug-likeness (QED) is 0.627. The number of pyridine rings is 1. The van der Waals surface area contributed by atoms with Gasteiger partial charge in [-0.15, -0.1) is 0 Å². The Hall–Kier alpha value is -2.47. The molecule has 1 unspecified atom stereocenters. The van der Waals surface area contributed by atoms with Gasteiger partial charge < -0.3 is 19.8 Å². The molecule has 0 amide bonds. The van der Waals surface area contributed by atoms with Crippen LogP contribution in [0, 0.1) is 12.8 Å². The van der Waals surface area contributed by atoms with Gasteiger partial charge in [-0.1, -0.05) is 30.3 Å². The molecule has 1 aromatic heterocycles. The van der Waals surface area contributed by atoms with Crippen molar-refractivity contribution in [3.8, 4) is 16.9 Å². The first-order chi connectivity index (χ1) is 14.6. The first-order valence-corrected chi connectivity index (χ1v) is 10.7. The van der Waals surface area contributed by atoms with Gasteiger partial charge in [0, 0.05) is 30.6 Å². The summed E-state index contributed by atoms with van der Waals surface area (Å²) in [5, 5.41) is 22.0. The van der Waals surface area contributed by atoms with Gasteiger partial charge in [-0.2, -0.15) is 0 Å². The van der Waals surface area contributed by atoms with Crippen LogP contribution in [0.15, 0.2) is 54.7 Å². The average Bonchev–Trinajstić information content (AvgIpc) is 2.78. The highest BCUT2D eigenvalue weighted by Gasteiger charge is 2.20. The summed E-state index contributed by atoms with van der Waals surface area (Å²) in [6.45, 7) is 4.94. The van der Waals surface area contributed by atoms with Crippen LogP contribution < -0.4 is 4.74 Å². The molecule has 5 heteroatoms. The zero-order valence-corrected chi connectivity index (χ0v) is 17.5. The number of nitrogens with zero attached hydrogens (tertiary/aromatic N) is 2. The molecule has 158 valence electrons. The van der Waals surface area contributed by atoms with Crippen LogP contribution in [0.2, 0.25) is 0 Å². The smallest absolute Gasteiger partial charge is 0.120 e. The third-order valence-electron chi connectivity index (χ3n) is 5.93. The summed E-state index contributed by atoms with van der Waals surface area (Å²) in [7, 11) is 0. The monoisotopic (exact) mass is 406 g/mol. The third kappa shape index (κ3) is 4.98. The zero-order valence-electron chi connectivity index (χ0n) is 17.5. The van der Waals surface area contributed by atoms with E-state index in [1.54, 1.807) is 0 Å². The summed E-state index contributed by atoms with van der Waals surface area (Å²) in [6, 6.07) is 16.4. The highest BCUT2D eigenvalue weighted by atomic mass is 16.5. The first-order valence-electron chi connectivity index (χ1n) is 10.7. The van der Waals surface area contributed by atoms with Crippen LogP contribution in [0.4, 0.5) is 0 Å². The van der Waals surface area contributed by atoms with E-state index in [-0.39, 0.29) is 13.2 Å². The maximum absolute atomic E-state index is 10.5. The molecule has 1 atom stereocenters. The van der Waals surface area contributed by atoms with Crippen LogP contribution in [-0.2, 0) is 0 Å². The van der Waals surface area contributed by atoms with Crippen LogP contribution in [0.1, 0.15) is 18.5 Å². The lowest BCUT2D eigenvalue weighted by molar-refractivity contribution is 0.0489. The van der Waals surface area contributed by atoms with E-state index in [4.69, 9.17) is 4.74 Å². The van der Waals surface area contributed by atoms with Gasteiger partial charge in [0.15, 0.2) is 0 Å². The number of β-amino-alcohol motifs (C(OH)–C–C–N with tert-alkyl or cyclic N) is 1. The first kappa shape index (κ1) is 20.8. The fourth-order valence-electron chi connectivity index (χ4n) is 4.13. The van der Waals surface area contributed by atoms with Crippen molar-refractivity contribution in [3.05, 3.63) is 60.4 Å². The van der Waals surface area contributed by atoms with E-state index < -0.39 is 6.10 Å². The van der Waals surface area contributed by atoms with Crippen LogP contribution in [0.25, 0.3) is 21.9 Å². The second-order valence-electron chi connectivity index (χ2n) is 8.27. The lowest BCUT2D eigenvalue weighted by atomic mass is 9.98. The molecule has 2 aromatic carbocycles. The molecule has 1 aliphatic heterocycles. The lowest BCUT2D eigenvalue weighted by Gasteiger charge is -2.32. The predicted molar refractivity (Wildman–Crippen MR) is 120 cm³/mol. The van der Waals surface area contributed by atoms with E-state index in [0.717, 1.165) is 59.3 Å². The number of likely N-dealkylation sites (tertiary alicyclic amines) is 1. The minimum atomic E-state index is -0.549. The highest BCUT2D eigenvalue weighted by molar-refractivity contribution is 5.97. The Kier molecular flexibility index (Phi) is 6.62. The largest absolute Gasteiger partial charge is 0.491 e. The summed E-state index contributed by atoms with van der Waals surface area (Å²) in [6.07, 6.45) is 3.32. The number of piperidine rings is 1. The second kappa shape index (κ2) is 9.56. The second-order valence-corrected chi connectivity index (χ2v) is 8.27. The van der Waals surface area contributed by atoms with Gasteiger partial charge in [0.1, 0.15) is 18.5 Å². The Labute approximate surface area is 177 Å². The molecule has 2 N–H and O–H groups in total. The zero-order chi connectivity index (χ0) is 20.9. The number of rotatable bonds is 7. The summed E-state index contributed by atoms with van der Waals surface area (Å²) >= 11 is 0. The predicted octanol–water partition coefficient (Wildman–Crippen LogP) is 3.65. The molecule has 0 radical (unpaired) electrons. The van der Waals surface area contributed by atoms with E-state index in [1.807, 2.05) is 43.5 Å². The molecular formula is C25H30N2O3. The van der Waals surface area contributed by atoms with Gasteiger partial charge in [-0.25, -0.2) is 0 Å². The average molecular weight is 407 g/mol. The molecule has 1 fully saturated rings. The van der Waals surface area contributed by atoms with Crippen LogP contribution in [0.5, 0.6) is 5.75 Å². The topological polar surface area (TPSA) is 65.8 Å². The molecule has 3 aromatic rings. The third-order valence-corrected chi connectivity index (χ3v) is 5.93. The molecule has 30 heavy (non-hydrogen) atoms. The van der Waals surface area contributed by atoms with Crippen molar-refractivity contribution in [1.29, 1.82) is 0 Å². The Morgan fingerprint density at radius 1 is 1.13 bits per heavy atom. The van der Waals surface area contributed by atoms with Crippen molar-refractivity contribution in [3.63, 3.8) is 0 Å². The van der Waals surface area contributed by atoms with Crippen molar-refractivity contribution in [2.45, 2.75) is 25.9 Å². The number of aliphatic hydroxyl groups excluding tert-OH is 2. The fraction of sp³-hybridized carbons (Fsp3) is 0.400. The maximum Gasteiger partial charge on any atom is 0.120 e. The molecule has 0 aliphatic carbocycles. The Balaban J connectivity index is 1.46. The fourth-order valence-corrected chi connectivity index (χ4v) is 4.13. The Bertz CT molecular complexity index is 966. The van der Waals surface area contributed by atoms with Crippen molar-refractivity contribution in [1.82, 2.24) is 9.88 Å². The molecule has 5 nitrogen and oxygen atoms in total. The van der Waals surface area contributed by atoms with Gasteiger partial charge in [0.25, 0.3) is 0 Å². The number of aromatic nitrogens is 1. The van der Waals surface area contributed by atoms with Crippen molar-refractivity contribution < 1.29 is 14.9 Å². The van der Waals surface area contributed by atoms with E-state index in [2.05, 4.69) is 28.1 Å². The molecule has 1 saturated heterocycles. The van der Waals surface area contributed by atoms with Crippen LogP contribution in [0.3, 0.4) is 0 Å². The Morgan fingerprint density at radius 3 is 2.67 bits per heavy atom. The van der Waals surface area contributed by atoms with E-state index >= 15 is 0 Å². The van der Waals surface area contributed by atoms with E-state index in [0.29, 0.717) is 12.5 Å². The number of hydrogen-bond acceptors (Lipinski definition) is 5. The molecule has 1 aliphatic rings. The standard InChI is InChI=1S/C25H30N2O3/c1-18-6-7-21(14-26-18)25-13-23(12-20-4-2-3-5-24(20)25)30-17-22(29)15-27-10-8-19(16-28)9-11-27/h2-7,12-14,19,22,28-29H,8-11,15-17H2,1H3. The minimum Gasteiger partial charge on any atom is -0.491 e. The van der Waals surface area contributed by atoms with Crippen LogP contribution >= 0.6 is 0 Å². The molecular weight excluding hydrogens is 376 g/mol. The molecule has 4 rings (SSSR count). The summed E-state index contributed by atoms with van der Waals surface area (Å²) < 4.78 is 6.01. The van der Waals surface area contributed by atoms with E-state index in [1.165, 1.54) is 0 Å². The van der Waals surface area contributed by atoms with Crippen molar-refractivity contribution >= 4 is 10.8 Å². The van der Waals surface area contributed by atoms with Gasteiger partial charge in [0.05, 0.1) is 0 Å². The van der Waals surface area contributed by atoms with Gasteiger partial charge in [-0.3, -0.25) is 4.98 Å². The number of ether oxygens (including phenoxy) is 1. The molecule has 0 bridgehead atoms. The van der Waals surface area contributed by atoms with E-state index in [9.17, 15) is 10.2 Å². The summed E-state index contributed by atoms with van der Waals surface area (Å²) in [5.74, 6) is 1.16. The number of fused-ring (bicyclic) bond motifs is 1. The summed E-state index contributed by atoms with van der Waals surface area (Å²) in [4.78, 5) is 6.69. The van der Waals surface area contributed by atoms with Gasteiger partial charge in [-0.05, 0) is 73.3 Å². The van der Waals surface area contributed by atoms with Gasteiger partial charge in [0.2, 0.25) is 0 Å². The minimum absolute atomic E-state index is 0.254. The van der Waals surface area contributed by atoms with Crippen molar-refractivity contribution in [2.24, 2.45) is 5.92 Å². The number of hydrogen-bond donors (Lipinski definition) is 2. The molecule has 2 heterocycles. The Morgan fingerprint density at radius 2 is 1.93 bits per heavy atom. The molecule has 0 spiro atoms. The molecule has 0 saturated carbocycles. The number of benzene rings is 2. The normalized spacial score (nSPS) is 16.6. The lowest BCUT2D eigenvalue weighted by Crippen LogP contribution is -2.41. The summed E-state index contributed by atoms with van der Waals surface area (Å²) in [5.41, 5.74) is 3.12.